The average Bonchev–Trinajstić information content (AvgIpc) is 3.44. The molecule has 28 heavy (non-hydrogen) atoms. The summed E-state index contributed by atoms with van der Waals surface area (Å²) < 4.78 is 7.98. The molecule has 1 aromatic heterocycles. The van der Waals surface area contributed by atoms with Crippen molar-refractivity contribution in [2.24, 2.45) is 0 Å². The number of aryl methyl sites for hydroxylation is 1. The number of morpholine rings is 1. The number of nitrogens with zero attached hydrogens (tertiary/aromatic N) is 3. The predicted molar refractivity (Wildman–Crippen MR) is 109 cm³/mol. The van der Waals surface area contributed by atoms with Crippen LogP contribution in [0, 0.1) is 6.92 Å². The third-order valence-electron chi connectivity index (χ3n) is 5.84. The van der Waals surface area contributed by atoms with E-state index in [2.05, 4.69) is 66.8 Å². The van der Waals surface area contributed by atoms with Crippen molar-refractivity contribution in [3.05, 3.63) is 77.4 Å². The molecule has 1 atom stereocenters. The van der Waals surface area contributed by atoms with E-state index in [1.165, 1.54) is 11.1 Å². The molecule has 2 aliphatic rings. The minimum Gasteiger partial charge on any atom is -0.375 e. The molecule has 0 amide bonds. The van der Waals surface area contributed by atoms with Crippen LogP contribution in [0.25, 0.3) is 5.69 Å². The summed E-state index contributed by atoms with van der Waals surface area (Å²) in [5, 5.41) is 8.44. The Morgan fingerprint density at radius 3 is 2.71 bits per heavy atom. The topological polar surface area (TPSA) is 52.0 Å². The smallest absolute Gasteiger partial charge is 0.161 e. The highest BCUT2D eigenvalue weighted by Gasteiger charge is 2.49. The van der Waals surface area contributed by atoms with E-state index in [0.717, 1.165) is 56.3 Å². The molecule has 2 fully saturated rings. The third-order valence-corrected chi connectivity index (χ3v) is 5.84. The van der Waals surface area contributed by atoms with Gasteiger partial charge in [0, 0.05) is 19.5 Å². The first-order valence-corrected chi connectivity index (χ1v) is 10.2. The van der Waals surface area contributed by atoms with Crippen molar-refractivity contribution < 1.29 is 4.74 Å². The van der Waals surface area contributed by atoms with Crippen molar-refractivity contribution in [1.29, 1.82) is 0 Å². The van der Waals surface area contributed by atoms with Crippen LogP contribution in [0.3, 0.4) is 0 Å². The predicted octanol–water partition coefficient (Wildman–Crippen LogP) is 3.19. The second-order valence-corrected chi connectivity index (χ2v) is 7.95. The van der Waals surface area contributed by atoms with Gasteiger partial charge < -0.3 is 10.1 Å². The lowest BCUT2D eigenvalue weighted by Gasteiger charge is -2.23. The lowest BCUT2D eigenvalue weighted by Crippen LogP contribution is -2.40. The van der Waals surface area contributed by atoms with Crippen LogP contribution in [0.5, 0.6) is 0 Å². The fraction of sp³-hybridized carbons (Fsp3) is 0.391. The summed E-state index contributed by atoms with van der Waals surface area (Å²) in [4.78, 5) is 5.06. The molecule has 0 spiro atoms. The molecule has 5 nitrogen and oxygen atoms in total. The summed E-state index contributed by atoms with van der Waals surface area (Å²) in [6.07, 6.45) is 3.12. The Hall–Kier alpha value is -2.50. The van der Waals surface area contributed by atoms with Gasteiger partial charge in [-0.15, -0.1) is 0 Å². The summed E-state index contributed by atoms with van der Waals surface area (Å²) in [5.74, 6) is 1.93. The lowest BCUT2D eigenvalue weighted by molar-refractivity contribution is 0.0277. The molecule has 3 aromatic rings. The Bertz CT molecular complexity index is 956. The Kier molecular flexibility index (Phi) is 4.49. The largest absolute Gasteiger partial charge is 0.375 e. The minimum atomic E-state index is -0.0310. The number of rotatable bonds is 5. The van der Waals surface area contributed by atoms with Crippen LogP contribution in [0.15, 0.2) is 54.6 Å². The molecule has 2 aromatic carbocycles. The van der Waals surface area contributed by atoms with E-state index >= 15 is 0 Å². The van der Waals surface area contributed by atoms with Crippen molar-refractivity contribution in [3.63, 3.8) is 0 Å². The highest BCUT2D eigenvalue weighted by Crippen LogP contribution is 2.52. The summed E-state index contributed by atoms with van der Waals surface area (Å²) in [6, 6.07) is 19.2. The second kappa shape index (κ2) is 7.15. The molecular weight excluding hydrogens is 348 g/mol. The summed E-state index contributed by atoms with van der Waals surface area (Å²) >= 11 is 0. The average molecular weight is 374 g/mol. The van der Waals surface area contributed by atoms with Crippen LogP contribution in [0.2, 0.25) is 0 Å². The zero-order valence-corrected chi connectivity index (χ0v) is 16.3. The summed E-state index contributed by atoms with van der Waals surface area (Å²) in [7, 11) is 0. The van der Waals surface area contributed by atoms with Crippen LogP contribution in [-0.2, 0) is 16.6 Å². The molecule has 1 aliphatic heterocycles. The molecule has 5 rings (SSSR count). The first-order valence-electron chi connectivity index (χ1n) is 10.2. The molecule has 1 saturated carbocycles. The van der Waals surface area contributed by atoms with Gasteiger partial charge in [-0.25, -0.2) is 9.67 Å². The summed E-state index contributed by atoms with van der Waals surface area (Å²) in [5.41, 5.74) is 3.58. The Morgan fingerprint density at radius 1 is 1.14 bits per heavy atom. The van der Waals surface area contributed by atoms with Gasteiger partial charge >= 0.3 is 0 Å². The normalized spacial score (nSPS) is 20.8. The van der Waals surface area contributed by atoms with Gasteiger partial charge in [-0.3, -0.25) is 0 Å². The zero-order valence-electron chi connectivity index (χ0n) is 16.3. The number of benzene rings is 2. The van der Waals surface area contributed by atoms with Gasteiger partial charge in [0.25, 0.3) is 0 Å². The van der Waals surface area contributed by atoms with E-state index in [0.29, 0.717) is 0 Å². The van der Waals surface area contributed by atoms with Crippen molar-refractivity contribution in [3.8, 4) is 5.69 Å². The minimum absolute atomic E-state index is 0.0310. The molecule has 1 saturated heterocycles. The van der Waals surface area contributed by atoms with Crippen LogP contribution in [0.4, 0.5) is 0 Å². The van der Waals surface area contributed by atoms with Gasteiger partial charge in [0.05, 0.1) is 23.8 Å². The maximum absolute atomic E-state index is 5.95. The highest BCUT2D eigenvalue weighted by molar-refractivity contribution is 5.41. The standard InChI is InChI=1S/C23H26N4O/c1-17-6-5-9-19(14-17)27-21(15-20-16-24-12-13-28-20)25-22(26-27)23(10-11-23)18-7-3-2-4-8-18/h2-9,14,20,24H,10-13,15-16H2,1H3/t20-/m0/s1. The Labute approximate surface area is 165 Å². The van der Waals surface area contributed by atoms with Crippen molar-refractivity contribution in [2.45, 2.75) is 37.7 Å². The molecular formula is C23H26N4O. The molecule has 5 heteroatoms. The van der Waals surface area contributed by atoms with E-state index in [9.17, 15) is 0 Å². The van der Waals surface area contributed by atoms with Gasteiger partial charge in [-0.05, 0) is 43.0 Å². The second-order valence-electron chi connectivity index (χ2n) is 7.95. The summed E-state index contributed by atoms with van der Waals surface area (Å²) in [6.45, 7) is 4.65. The van der Waals surface area contributed by atoms with E-state index in [-0.39, 0.29) is 11.5 Å². The lowest BCUT2D eigenvalue weighted by atomic mass is 9.95. The molecule has 1 N–H and O–H groups in total. The van der Waals surface area contributed by atoms with Gasteiger partial charge in [0.2, 0.25) is 0 Å². The maximum atomic E-state index is 5.95. The van der Waals surface area contributed by atoms with Gasteiger partial charge in [0.1, 0.15) is 5.82 Å². The van der Waals surface area contributed by atoms with Crippen LogP contribution in [0.1, 0.15) is 35.6 Å². The quantitative estimate of drug-likeness (QED) is 0.745. The van der Waals surface area contributed by atoms with E-state index in [1.807, 2.05) is 4.68 Å². The van der Waals surface area contributed by atoms with E-state index in [4.69, 9.17) is 14.8 Å². The van der Waals surface area contributed by atoms with Crippen LogP contribution in [-0.4, -0.2) is 40.6 Å². The molecule has 1 aliphatic carbocycles. The molecule has 0 unspecified atom stereocenters. The SMILES string of the molecule is Cc1cccc(-n2nc(C3(c4ccccc4)CC3)nc2C[C@H]2CNCCO2)c1. The van der Waals surface area contributed by atoms with Gasteiger partial charge in [-0.1, -0.05) is 42.5 Å². The number of aromatic nitrogens is 3. The monoisotopic (exact) mass is 374 g/mol. The van der Waals surface area contributed by atoms with Crippen molar-refractivity contribution in [1.82, 2.24) is 20.1 Å². The molecule has 2 heterocycles. The molecule has 144 valence electrons. The fourth-order valence-corrected chi connectivity index (χ4v) is 4.12. The molecule has 0 radical (unpaired) electrons. The number of hydrogen-bond acceptors (Lipinski definition) is 4. The third kappa shape index (κ3) is 3.25. The maximum Gasteiger partial charge on any atom is 0.161 e. The van der Waals surface area contributed by atoms with E-state index in [1.54, 1.807) is 0 Å². The number of hydrogen-bond donors (Lipinski definition) is 1. The number of ether oxygens (including phenoxy) is 1. The fourth-order valence-electron chi connectivity index (χ4n) is 4.12. The van der Waals surface area contributed by atoms with E-state index < -0.39 is 0 Å². The van der Waals surface area contributed by atoms with Crippen molar-refractivity contribution >= 4 is 0 Å². The Balaban J connectivity index is 1.55. The zero-order chi connectivity index (χ0) is 19.0. The molecule has 0 bridgehead atoms. The highest BCUT2D eigenvalue weighted by atomic mass is 16.5. The van der Waals surface area contributed by atoms with Gasteiger partial charge in [-0.2, -0.15) is 5.10 Å². The first-order chi connectivity index (χ1) is 13.7. The van der Waals surface area contributed by atoms with Crippen LogP contribution >= 0.6 is 0 Å². The number of nitrogens with one attached hydrogen (secondary N) is 1. The van der Waals surface area contributed by atoms with Crippen molar-refractivity contribution in [2.75, 3.05) is 19.7 Å². The Morgan fingerprint density at radius 2 is 2.00 bits per heavy atom. The van der Waals surface area contributed by atoms with Crippen LogP contribution < -0.4 is 5.32 Å². The van der Waals surface area contributed by atoms with Gasteiger partial charge in [0.15, 0.2) is 5.82 Å². The first kappa shape index (κ1) is 17.6.